The summed E-state index contributed by atoms with van der Waals surface area (Å²) in [5, 5.41) is 19.3. The van der Waals surface area contributed by atoms with Gasteiger partial charge in [-0.05, 0) is 18.1 Å². The lowest BCUT2D eigenvalue weighted by molar-refractivity contribution is -0.383. The smallest absolute Gasteiger partial charge is 0.304 e. The number of primary sulfonamides is 1. The molecule has 0 saturated carbocycles. The number of thiophene rings is 1. The van der Waals surface area contributed by atoms with Crippen molar-refractivity contribution in [3.05, 3.63) is 46.0 Å². The lowest BCUT2D eigenvalue weighted by Crippen LogP contribution is -2.27. The molecule has 2 heterocycles. The van der Waals surface area contributed by atoms with Crippen LogP contribution in [-0.4, -0.2) is 26.5 Å². The normalized spacial score (nSPS) is 17.0. The summed E-state index contributed by atoms with van der Waals surface area (Å²) >= 11 is 0.762. The minimum Gasteiger partial charge on any atom is -0.493 e. The van der Waals surface area contributed by atoms with Gasteiger partial charge in [-0.3, -0.25) is 10.1 Å². The molecular formula is C14H15N3O5S2. The monoisotopic (exact) mass is 369 g/mol. The molecule has 0 amide bonds. The van der Waals surface area contributed by atoms with E-state index in [0.29, 0.717) is 13.2 Å². The summed E-state index contributed by atoms with van der Waals surface area (Å²) in [6.45, 7) is 0.922. The first-order valence-corrected chi connectivity index (χ1v) is 9.46. The molecule has 1 aromatic heterocycles. The van der Waals surface area contributed by atoms with Crippen LogP contribution in [0.25, 0.3) is 0 Å². The molecule has 3 N–H and O–H groups in total. The number of anilines is 1. The van der Waals surface area contributed by atoms with Crippen LogP contribution < -0.4 is 15.2 Å². The highest BCUT2D eigenvalue weighted by Gasteiger charge is 2.25. The number of fused-ring (bicyclic) bond motifs is 1. The summed E-state index contributed by atoms with van der Waals surface area (Å²) in [5.74, 6) is 0.979. The van der Waals surface area contributed by atoms with E-state index in [1.54, 1.807) is 0 Å². The Morgan fingerprint density at radius 2 is 2.17 bits per heavy atom. The summed E-state index contributed by atoms with van der Waals surface area (Å²) in [6.07, 6.45) is 0.782. The van der Waals surface area contributed by atoms with Crippen molar-refractivity contribution in [2.75, 3.05) is 18.5 Å². The van der Waals surface area contributed by atoms with Gasteiger partial charge in [0.15, 0.2) is 5.00 Å². The molecule has 0 fully saturated rings. The second-order valence-corrected chi connectivity index (χ2v) is 8.29. The third-order valence-corrected chi connectivity index (χ3v) is 6.18. The standard InChI is InChI=1S/C14H15N3O5S2/c15-24(20,21)13-6-11(17(18)19)14(23-13)16-7-9-5-10-3-1-2-4-12(10)22-8-9/h1-4,6,9,16H,5,7-8H2,(H2,15,20,21)/t9-/m0/s1. The van der Waals surface area contributed by atoms with Crippen LogP contribution in [0.15, 0.2) is 34.5 Å². The van der Waals surface area contributed by atoms with Crippen molar-refractivity contribution in [2.45, 2.75) is 10.6 Å². The molecule has 1 aromatic carbocycles. The number of sulfonamides is 1. The Hall–Kier alpha value is -2.17. The number of nitrogens with zero attached hydrogens (tertiary/aromatic N) is 1. The van der Waals surface area contributed by atoms with Gasteiger partial charge in [-0.1, -0.05) is 29.5 Å². The number of nitrogens with two attached hydrogens (primary N) is 1. The fourth-order valence-electron chi connectivity index (χ4n) is 2.52. The molecule has 1 atom stereocenters. The summed E-state index contributed by atoms with van der Waals surface area (Å²) in [7, 11) is -3.97. The zero-order chi connectivity index (χ0) is 17.3. The maximum atomic E-state index is 11.4. The van der Waals surface area contributed by atoms with Crippen molar-refractivity contribution in [2.24, 2.45) is 11.1 Å². The second kappa shape index (κ2) is 6.38. The van der Waals surface area contributed by atoms with E-state index in [4.69, 9.17) is 9.88 Å². The van der Waals surface area contributed by atoms with Gasteiger partial charge in [0.1, 0.15) is 9.96 Å². The Morgan fingerprint density at radius 3 is 2.88 bits per heavy atom. The van der Waals surface area contributed by atoms with Gasteiger partial charge in [-0.15, -0.1) is 0 Å². The van der Waals surface area contributed by atoms with E-state index in [1.165, 1.54) is 0 Å². The molecule has 8 nitrogen and oxygen atoms in total. The van der Waals surface area contributed by atoms with E-state index < -0.39 is 14.9 Å². The fraction of sp³-hybridized carbons (Fsp3) is 0.286. The topological polar surface area (TPSA) is 125 Å². The average Bonchev–Trinajstić information content (AvgIpc) is 2.97. The van der Waals surface area contributed by atoms with E-state index in [1.807, 2.05) is 24.3 Å². The molecular weight excluding hydrogens is 354 g/mol. The molecule has 0 bridgehead atoms. The zero-order valence-electron chi connectivity index (χ0n) is 12.5. The summed E-state index contributed by atoms with van der Waals surface area (Å²) in [5.41, 5.74) is 0.794. The summed E-state index contributed by atoms with van der Waals surface area (Å²) in [4.78, 5) is 10.5. The molecule has 0 aliphatic carbocycles. The number of hydrogen-bond donors (Lipinski definition) is 2. The van der Waals surface area contributed by atoms with Crippen LogP contribution in [0.4, 0.5) is 10.7 Å². The van der Waals surface area contributed by atoms with Crippen LogP contribution in [0.3, 0.4) is 0 Å². The van der Waals surface area contributed by atoms with Gasteiger partial charge < -0.3 is 10.1 Å². The van der Waals surface area contributed by atoms with E-state index in [0.717, 1.165) is 35.1 Å². The van der Waals surface area contributed by atoms with Crippen LogP contribution in [-0.2, 0) is 16.4 Å². The first-order chi connectivity index (χ1) is 11.3. The largest absolute Gasteiger partial charge is 0.493 e. The number of para-hydroxylation sites is 1. The molecule has 128 valence electrons. The van der Waals surface area contributed by atoms with Crippen LogP contribution in [0.2, 0.25) is 0 Å². The second-order valence-electron chi connectivity index (χ2n) is 5.45. The molecule has 0 saturated heterocycles. The minimum absolute atomic E-state index is 0.125. The molecule has 0 radical (unpaired) electrons. The average molecular weight is 369 g/mol. The highest BCUT2D eigenvalue weighted by Crippen LogP contribution is 2.37. The Labute approximate surface area is 142 Å². The van der Waals surface area contributed by atoms with Gasteiger partial charge >= 0.3 is 5.69 Å². The van der Waals surface area contributed by atoms with Crippen molar-refractivity contribution < 1.29 is 18.1 Å². The number of rotatable bonds is 5. The number of hydrogen-bond acceptors (Lipinski definition) is 7. The lowest BCUT2D eigenvalue weighted by Gasteiger charge is -2.25. The van der Waals surface area contributed by atoms with E-state index in [9.17, 15) is 18.5 Å². The van der Waals surface area contributed by atoms with Crippen LogP contribution in [0.5, 0.6) is 5.75 Å². The Balaban J connectivity index is 1.73. The van der Waals surface area contributed by atoms with Crippen LogP contribution in [0.1, 0.15) is 5.56 Å². The highest BCUT2D eigenvalue weighted by molar-refractivity contribution is 7.91. The third-order valence-electron chi connectivity index (χ3n) is 3.67. The first-order valence-electron chi connectivity index (χ1n) is 7.10. The molecule has 1 aliphatic rings. The van der Waals surface area contributed by atoms with E-state index >= 15 is 0 Å². The maximum Gasteiger partial charge on any atom is 0.304 e. The Morgan fingerprint density at radius 1 is 1.42 bits per heavy atom. The van der Waals surface area contributed by atoms with Gasteiger partial charge in [-0.25, -0.2) is 13.6 Å². The number of ether oxygens (including phenoxy) is 1. The van der Waals surface area contributed by atoms with Crippen LogP contribution >= 0.6 is 11.3 Å². The highest BCUT2D eigenvalue weighted by atomic mass is 32.2. The predicted octanol–water partition coefficient (Wildman–Crippen LogP) is 1.97. The molecule has 1 aliphatic heterocycles. The Kier molecular flexibility index (Phi) is 4.43. The fourth-order valence-corrected chi connectivity index (χ4v) is 4.28. The van der Waals surface area contributed by atoms with E-state index in [-0.39, 0.29) is 20.8 Å². The summed E-state index contributed by atoms with van der Waals surface area (Å²) in [6, 6.07) is 8.70. The van der Waals surface area contributed by atoms with Gasteiger partial charge in [0, 0.05) is 18.5 Å². The number of nitrogens with one attached hydrogen (secondary N) is 1. The molecule has 24 heavy (non-hydrogen) atoms. The molecule has 2 aromatic rings. The van der Waals surface area contributed by atoms with Crippen molar-refractivity contribution >= 4 is 32.0 Å². The third kappa shape index (κ3) is 3.50. The zero-order valence-corrected chi connectivity index (χ0v) is 14.1. The quantitative estimate of drug-likeness (QED) is 0.613. The van der Waals surface area contributed by atoms with Crippen LogP contribution in [0, 0.1) is 16.0 Å². The lowest BCUT2D eigenvalue weighted by atomic mass is 9.97. The van der Waals surface area contributed by atoms with E-state index in [2.05, 4.69) is 5.32 Å². The first kappa shape index (κ1) is 16.7. The molecule has 0 spiro atoms. The van der Waals surface area contributed by atoms with Gasteiger partial charge in [-0.2, -0.15) is 0 Å². The van der Waals surface area contributed by atoms with Crippen molar-refractivity contribution in [1.82, 2.24) is 0 Å². The predicted molar refractivity (Wildman–Crippen MR) is 90.0 cm³/mol. The van der Waals surface area contributed by atoms with Crippen molar-refractivity contribution in [3.63, 3.8) is 0 Å². The SMILES string of the molecule is NS(=O)(=O)c1cc([N+](=O)[O-])c(NC[C@H]2COc3ccccc3C2)s1. The van der Waals surface area contributed by atoms with Gasteiger partial charge in [0.2, 0.25) is 10.0 Å². The number of nitro groups is 1. The van der Waals surface area contributed by atoms with Gasteiger partial charge in [0.25, 0.3) is 0 Å². The Bertz CT molecular complexity index is 878. The molecule has 10 heteroatoms. The van der Waals surface area contributed by atoms with Crippen molar-refractivity contribution in [1.29, 1.82) is 0 Å². The van der Waals surface area contributed by atoms with Gasteiger partial charge in [0.05, 0.1) is 11.5 Å². The summed E-state index contributed by atoms with van der Waals surface area (Å²) < 4.78 is 28.2. The number of benzene rings is 1. The van der Waals surface area contributed by atoms with Crippen molar-refractivity contribution in [3.8, 4) is 5.75 Å². The maximum absolute atomic E-state index is 11.4. The molecule has 0 unspecified atom stereocenters. The molecule has 3 rings (SSSR count). The minimum atomic E-state index is -3.97.